The van der Waals surface area contributed by atoms with Gasteiger partial charge in [0.15, 0.2) is 0 Å². The molecule has 0 saturated heterocycles. The number of aryl methyl sites for hydroxylation is 1. The van der Waals surface area contributed by atoms with Gasteiger partial charge in [0.2, 0.25) is 0 Å². The molecule has 0 fully saturated rings. The van der Waals surface area contributed by atoms with Gasteiger partial charge in [0.1, 0.15) is 11.3 Å². The summed E-state index contributed by atoms with van der Waals surface area (Å²) in [4.78, 5) is 8.80. The maximum Gasteiger partial charge on any atom is 0.111 e. The Kier molecular flexibility index (Phi) is 3.48. The number of nitrogens with zero attached hydrogens (tertiary/aromatic N) is 3. The minimum Gasteiger partial charge on any atom is -0.328 e. The van der Waals surface area contributed by atoms with Gasteiger partial charge in [-0.05, 0) is 18.6 Å². The van der Waals surface area contributed by atoms with E-state index in [-0.39, 0.29) is 6.04 Å². The SMILES string of the molecule is CCn1c(CC(N)c2ccccc2)nc2cnccc21. The Morgan fingerprint density at radius 2 is 2.00 bits per heavy atom. The van der Waals surface area contributed by atoms with Gasteiger partial charge < -0.3 is 10.3 Å². The molecule has 0 spiro atoms. The van der Waals surface area contributed by atoms with Crippen LogP contribution in [-0.4, -0.2) is 14.5 Å². The van der Waals surface area contributed by atoms with Crippen LogP contribution in [0.2, 0.25) is 0 Å². The first kappa shape index (κ1) is 12.8. The molecule has 0 aliphatic rings. The van der Waals surface area contributed by atoms with Gasteiger partial charge >= 0.3 is 0 Å². The molecule has 2 N–H and O–H groups in total. The van der Waals surface area contributed by atoms with Crippen molar-refractivity contribution in [1.82, 2.24) is 14.5 Å². The molecule has 20 heavy (non-hydrogen) atoms. The molecule has 1 unspecified atom stereocenters. The van der Waals surface area contributed by atoms with Gasteiger partial charge in [-0.15, -0.1) is 0 Å². The summed E-state index contributed by atoms with van der Waals surface area (Å²) < 4.78 is 2.21. The molecule has 0 aliphatic carbocycles. The van der Waals surface area contributed by atoms with E-state index in [4.69, 9.17) is 5.73 Å². The highest BCUT2D eigenvalue weighted by molar-refractivity contribution is 5.74. The zero-order valence-electron chi connectivity index (χ0n) is 11.5. The molecule has 4 nitrogen and oxygen atoms in total. The van der Waals surface area contributed by atoms with Crippen molar-refractivity contribution in [2.24, 2.45) is 5.73 Å². The van der Waals surface area contributed by atoms with Gasteiger partial charge in [-0.25, -0.2) is 4.98 Å². The van der Waals surface area contributed by atoms with E-state index in [9.17, 15) is 0 Å². The number of fused-ring (bicyclic) bond motifs is 1. The third kappa shape index (κ3) is 2.30. The lowest BCUT2D eigenvalue weighted by Crippen LogP contribution is -2.16. The first-order valence-corrected chi connectivity index (χ1v) is 6.89. The van der Waals surface area contributed by atoms with Crippen molar-refractivity contribution >= 4 is 11.0 Å². The normalized spacial score (nSPS) is 12.7. The Hall–Kier alpha value is -2.20. The molecule has 3 aromatic rings. The summed E-state index contributed by atoms with van der Waals surface area (Å²) in [7, 11) is 0. The maximum absolute atomic E-state index is 6.30. The zero-order chi connectivity index (χ0) is 13.9. The van der Waals surface area contributed by atoms with E-state index < -0.39 is 0 Å². The molecule has 0 amide bonds. The molecule has 3 rings (SSSR count). The average Bonchev–Trinajstić information content (AvgIpc) is 2.85. The molecule has 0 aliphatic heterocycles. The Morgan fingerprint density at radius 3 is 2.75 bits per heavy atom. The third-order valence-corrected chi connectivity index (χ3v) is 3.58. The Labute approximate surface area is 118 Å². The summed E-state index contributed by atoms with van der Waals surface area (Å²) in [5.41, 5.74) is 9.50. The van der Waals surface area contributed by atoms with Crippen molar-refractivity contribution in [2.75, 3.05) is 0 Å². The predicted octanol–water partition coefficient (Wildman–Crippen LogP) is 2.69. The van der Waals surface area contributed by atoms with Crippen LogP contribution in [0.5, 0.6) is 0 Å². The largest absolute Gasteiger partial charge is 0.328 e. The fourth-order valence-electron chi connectivity index (χ4n) is 2.56. The third-order valence-electron chi connectivity index (χ3n) is 3.58. The molecule has 102 valence electrons. The van der Waals surface area contributed by atoms with Crippen molar-refractivity contribution in [1.29, 1.82) is 0 Å². The topological polar surface area (TPSA) is 56.7 Å². The van der Waals surface area contributed by atoms with E-state index in [2.05, 4.69) is 33.6 Å². The standard InChI is InChI=1S/C16H18N4/c1-2-20-15-8-9-18-11-14(15)19-16(20)10-13(17)12-6-4-3-5-7-12/h3-9,11,13H,2,10,17H2,1H3. The van der Waals surface area contributed by atoms with Crippen LogP contribution in [0.3, 0.4) is 0 Å². The van der Waals surface area contributed by atoms with Gasteiger partial charge in [-0.2, -0.15) is 0 Å². The molecule has 2 aromatic heterocycles. The summed E-state index contributed by atoms with van der Waals surface area (Å²) in [6.07, 6.45) is 4.34. The minimum absolute atomic E-state index is 0.0359. The Balaban J connectivity index is 1.94. The van der Waals surface area contributed by atoms with Crippen LogP contribution in [0.15, 0.2) is 48.8 Å². The van der Waals surface area contributed by atoms with Crippen molar-refractivity contribution in [3.63, 3.8) is 0 Å². The fraction of sp³-hybridized carbons (Fsp3) is 0.250. The second-order valence-corrected chi connectivity index (χ2v) is 4.86. The highest BCUT2D eigenvalue weighted by atomic mass is 15.1. The monoisotopic (exact) mass is 266 g/mol. The summed E-state index contributed by atoms with van der Waals surface area (Å²) in [5.74, 6) is 1.02. The molecule has 1 atom stereocenters. The molecule has 2 heterocycles. The van der Waals surface area contributed by atoms with E-state index >= 15 is 0 Å². The lowest BCUT2D eigenvalue weighted by atomic mass is 10.0. The Morgan fingerprint density at radius 1 is 1.20 bits per heavy atom. The highest BCUT2D eigenvalue weighted by Crippen LogP contribution is 2.20. The van der Waals surface area contributed by atoms with E-state index in [1.807, 2.05) is 24.3 Å². The lowest BCUT2D eigenvalue weighted by molar-refractivity contribution is 0.637. The van der Waals surface area contributed by atoms with Crippen LogP contribution < -0.4 is 5.73 Å². The van der Waals surface area contributed by atoms with E-state index in [0.717, 1.165) is 35.4 Å². The Bertz CT molecular complexity index is 703. The number of nitrogens with two attached hydrogens (primary N) is 1. The van der Waals surface area contributed by atoms with Gasteiger partial charge in [-0.3, -0.25) is 4.98 Å². The van der Waals surface area contributed by atoms with Crippen LogP contribution in [-0.2, 0) is 13.0 Å². The quantitative estimate of drug-likeness (QED) is 0.790. The van der Waals surface area contributed by atoms with Gasteiger partial charge in [0, 0.05) is 25.2 Å². The highest BCUT2D eigenvalue weighted by Gasteiger charge is 2.14. The summed E-state index contributed by atoms with van der Waals surface area (Å²) >= 11 is 0. The number of pyridine rings is 1. The number of hydrogen-bond donors (Lipinski definition) is 1. The second kappa shape index (κ2) is 5.43. The van der Waals surface area contributed by atoms with Crippen molar-refractivity contribution in [3.05, 3.63) is 60.2 Å². The van der Waals surface area contributed by atoms with Crippen LogP contribution in [0, 0.1) is 0 Å². The molecule has 4 heteroatoms. The van der Waals surface area contributed by atoms with Gasteiger partial charge in [0.25, 0.3) is 0 Å². The molecule has 1 aromatic carbocycles. The molecular weight excluding hydrogens is 248 g/mol. The van der Waals surface area contributed by atoms with Crippen LogP contribution in [0.4, 0.5) is 0 Å². The zero-order valence-corrected chi connectivity index (χ0v) is 11.5. The summed E-state index contributed by atoms with van der Waals surface area (Å²) in [6.45, 7) is 3.01. The van der Waals surface area contributed by atoms with Crippen LogP contribution >= 0.6 is 0 Å². The van der Waals surface area contributed by atoms with Crippen LogP contribution in [0.1, 0.15) is 24.4 Å². The fourth-order valence-corrected chi connectivity index (χ4v) is 2.56. The van der Waals surface area contributed by atoms with Crippen LogP contribution in [0.25, 0.3) is 11.0 Å². The number of imidazole rings is 1. The minimum atomic E-state index is -0.0359. The first-order valence-electron chi connectivity index (χ1n) is 6.89. The lowest BCUT2D eigenvalue weighted by Gasteiger charge is -2.12. The number of hydrogen-bond acceptors (Lipinski definition) is 3. The number of rotatable bonds is 4. The summed E-state index contributed by atoms with van der Waals surface area (Å²) in [5, 5.41) is 0. The predicted molar refractivity (Wildman–Crippen MR) is 80.3 cm³/mol. The first-order chi connectivity index (χ1) is 9.79. The summed E-state index contributed by atoms with van der Waals surface area (Å²) in [6, 6.07) is 12.1. The number of benzene rings is 1. The van der Waals surface area contributed by atoms with Gasteiger partial charge in [0.05, 0.1) is 11.7 Å². The smallest absolute Gasteiger partial charge is 0.111 e. The average molecular weight is 266 g/mol. The van der Waals surface area contributed by atoms with Crippen molar-refractivity contribution in [2.45, 2.75) is 25.9 Å². The van der Waals surface area contributed by atoms with E-state index in [1.54, 1.807) is 12.4 Å². The molecule has 0 radical (unpaired) electrons. The van der Waals surface area contributed by atoms with Crippen molar-refractivity contribution < 1.29 is 0 Å². The van der Waals surface area contributed by atoms with Crippen molar-refractivity contribution in [3.8, 4) is 0 Å². The van der Waals surface area contributed by atoms with E-state index in [0.29, 0.717) is 0 Å². The second-order valence-electron chi connectivity index (χ2n) is 4.86. The van der Waals surface area contributed by atoms with Gasteiger partial charge in [-0.1, -0.05) is 30.3 Å². The number of aromatic nitrogens is 3. The molecule has 0 bridgehead atoms. The molecule has 0 saturated carbocycles. The molecular formula is C16H18N4. The maximum atomic E-state index is 6.30. The van der Waals surface area contributed by atoms with E-state index in [1.165, 1.54) is 0 Å².